The molecule has 0 fully saturated rings. The molecule has 5 nitrogen and oxygen atoms in total. The number of aromatic nitrogens is 3. The molecular weight excluding hydrogens is 405 g/mol. The minimum Gasteiger partial charge on any atom is -0.381 e. The fourth-order valence-electron chi connectivity index (χ4n) is 3.30. The number of pyridine rings is 1. The molecular formula is C22H29Cl2N5. The summed E-state index contributed by atoms with van der Waals surface area (Å²) in [6.45, 7) is 10.00. The van der Waals surface area contributed by atoms with Gasteiger partial charge in [-0.25, -0.2) is 15.0 Å². The van der Waals surface area contributed by atoms with E-state index in [9.17, 15) is 0 Å². The van der Waals surface area contributed by atoms with Crippen molar-refractivity contribution < 1.29 is 0 Å². The molecule has 0 radical (unpaired) electrons. The average molecular weight is 434 g/mol. The maximum atomic E-state index is 5.97. The molecule has 0 aliphatic heterocycles. The lowest BCUT2D eigenvalue weighted by Crippen LogP contribution is -2.25. The highest BCUT2D eigenvalue weighted by molar-refractivity contribution is 6.30. The van der Waals surface area contributed by atoms with E-state index in [1.807, 2.05) is 30.3 Å². The lowest BCUT2D eigenvalue weighted by molar-refractivity contribution is 0.295. The zero-order valence-electron chi connectivity index (χ0n) is 17.2. The molecule has 1 unspecified atom stereocenters. The Hall–Kier alpha value is -1.95. The lowest BCUT2D eigenvalue weighted by Gasteiger charge is -2.20. The van der Waals surface area contributed by atoms with Gasteiger partial charge in [-0.05, 0) is 57.6 Å². The molecule has 29 heavy (non-hydrogen) atoms. The molecule has 7 heteroatoms. The van der Waals surface area contributed by atoms with Crippen LogP contribution in [0.3, 0.4) is 0 Å². The van der Waals surface area contributed by atoms with Crippen molar-refractivity contribution in [2.24, 2.45) is 0 Å². The molecule has 2 heterocycles. The van der Waals surface area contributed by atoms with Crippen LogP contribution in [0.5, 0.6) is 0 Å². The Labute approximate surface area is 184 Å². The van der Waals surface area contributed by atoms with Gasteiger partial charge in [0.15, 0.2) is 5.65 Å². The van der Waals surface area contributed by atoms with Gasteiger partial charge in [-0.3, -0.25) is 0 Å². The molecule has 0 amide bonds. The van der Waals surface area contributed by atoms with Crippen LogP contribution in [0, 0.1) is 0 Å². The molecule has 156 valence electrons. The van der Waals surface area contributed by atoms with Crippen LogP contribution < -0.4 is 5.32 Å². The predicted molar refractivity (Wildman–Crippen MR) is 125 cm³/mol. The van der Waals surface area contributed by atoms with Crippen molar-refractivity contribution in [3.63, 3.8) is 0 Å². The van der Waals surface area contributed by atoms with E-state index >= 15 is 0 Å². The molecule has 1 atom stereocenters. The third-order valence-electron chi connectivity index (χ3n) is 5.00. The highest BCUT2D eigenvalue weighted by Gasteiger charge is 2.10. The SMILES string of the molecule is CCN(CC)CCCC(C)Nc1ccnc2nc(-c3ccc(Cl)cc3)cnc12.Cl. The van der Waals surface area contributed by atoms with E-state index in [1.165, 1.54) is 6.42 Å². The highest BCUT2D eigenvalue weighted by Crippen LogP contribution is 2.24. The van der Waals surface area contributed by atoms with Crippen LogP contribution in [0.25, 0.3) is 22.4 Å². The molecule has 0 saturated heterocycles. The second kappa shape index (κ2) is 11.3. The Kier molecular flexibility index (Phi) is 9.08. The largest absolute Gasteiger partial charge is 0.381 e. The number of benzene rings is 1. The lowest BCUT2D eigenvalue weighted by atomic mass is 10.1. The quantitative estimate of drug-likeness (QED) is 0.469. The monoisotopic (exact) mass is 433 g/mol. The first-order valence-electron chi connectivity index (χ1n) is 9.97. The van der Waals surface area contributed by atoms with E-state index in [4.69, 9.17) is 11.6 Å². The van der Waals surface area contributed by atoms with E-state index in [0.29, 0.717) is 16.7 Å². The van der Waals surface area contributed by atoms with Gasteiger partial charge >= 0.3 is 0 Å². The summed E-state index contributed by atoms with van der Waals surface area (Å²) in [7, 11) is 0. The number of nitrogens with one attached hydrogen (secondary N) is 1. The number of hydrogen-bond donors (Lipinski definition) is 1. The summed E-state index contributed by atoms with van der Waals surface area (Å²) in [5, 5.41) is 4.29. The van der Waals surface area contributed by atoms with E-state index in [0.717, 1.165) is 48.5 Å². The van der Waals surface area contributed by atoms with E-state index in [2.05, 4.69) is 45.9 Å². The summed E-state index contributed by atoms with van der Waals surface area (Å²) in [6, 6.07) is 9.93. The number of anilines is 1. The Balaban J connectivity index is 0.00000300. The fraction of sp³-hybridized carbons (Fsp3) is 0.409. The topological polar surface area (TPSA) is 53.9 Å². The Morgan fingerprint density at radius 3 is 2.48 bits per heavy atom. The van der Waals surface area contributed by atoms with Crippen LogP contribution in [0.15, 0.2) is 42.7 Å². The molecule has 1 aromatic carbocycles. The van der Waals surface area contributed by atoms with Crippen molar-refractivity contribution in [2.75, 3.05) is 25.0 Å². The standard InChI is InChI=1S/C22H28ClN5.ClH/c1-4-28(5-2)14-6-7-16(3)26-19-12-13-24-22-21(19)25-15-20(27-22)17-8-10-18(23)11-9-17;/h8-13,15-16H,4-7,14H2,1-3H3,(H,24,26,27);1H. The summed E-state index contributed by atoms with van der Waals surface area (Å²) >= 11 is 5.97. The second-order valence-corrected chi connectivity index (χ2v) is 7.44. The van der Waals surface area contributed by atoms with E-state index < -0.39 is 0 Å². The highest BCUT2D eigenvalue weighted by atomic mass is 35.5. The second-order valence-electron chi connectivity index (χ2n) is 7.01. The normalized spacial score (nSPS) is 12.0. The zero-order chi connectivity index (χ0) is 19.9. The summed E-state index contributed by atoms with van der Waals surface area (Å²) < 4.78 is 0. The smallest absolute Gasteiger partial charge is 0.180 e. The minimum absolute atomic E-state index is 0. The summed E-state index contributed by atoms with van der Waals surface area (Å²) in [4.78, 5) is 16.2. The first-order valence-corrected chi connectivity index (χ1v) is 10.3. The van der Waals surface area contributed by atoms with Crippen molar-refractivity contribution in [3.8, 4) is 11.3 Å². The van der Waals surface area contributed by atoms with Crippen molar-refractivity contribution >= 4 is 40.9 Å². The summed E-state index contributed by atoms with van der Waals surface area (Å²) in [6.07, 6.45) is 5.86. The minimum atomic E-state index is 0. The first kappa shape index (κ1) is 23.3. The number of halogens is 2. The van der Waals surface area contributed by atoms with Crippen molar-refractivity contribution in [3.05, 3.63) is 47.7 Å². The predicted octanol–water partition coefficient (Wildman–Crippen LogP) is 5.69. The average Bonchev–Trinajstić information content (AvgIpc) is 2.71. The van der Waals surface area contributed by atoms with Crippen molar-refractivity contribution in [1.82, 2.24) is 19.9 Å². The molecule has 3 rings (SSSR count). The number of nitrogens with zero attached hydrogens (tertiary/aromatic N) is 4. The van der Waals surface area contributed by atoms with Gasteiger partial charge in [-0.2, -0.15) is 0 Å². The molecule has 3 aromatic rings. The van der Waals surface area contributed by atoms with Gasteiger partial charge in [0.25, 0.3) is 0 Å². The van der Waals surface area contributed by atoms with Crippen LogP contribution >= 0.6 is 24.0 Å². The Morgan fingerprint density at radius 2 is 1.79 bits per heavy atom. The van der Waals surface area contributed by atoms with Crippen LogP contribution in [-0.4, -0.2) is 45.5 Å². The molecule has 0 aliphatic carbocycles. The third-order valence-corrected chi connectivity index (χ3v) is 5.25. The van der Waals surface area contributed by atoms with Gasteiger partial charge in [-0.15, -0.1) is 12.4 Å². The summed E-state index contributed by atoms with van der Waals surface area (Å²) in [5.74, 6) is 0. The maximum Gasteiger partial charge on any atom is 0.180 e. The molecule has 0 aliphatic rings. The van der Waals surface area contributed by atoms with E-state index in [1.54, 1.807) is 12.4 Å². The first-order chi connectivity index (χ1) is 13.6. The van der Waals surface area contributed by atoms with Crippen LogP contribution in [0.2, 0.25) is 5.02 Å². The number of rotatable bonds is 9. The molecule has 0 bridgehead atoms. The molecule has 2 aromatic heterocycles. The Bertz CT molecular complexity index is 897. The van der Waals surface area contributed by atoms with Crippen LogP contribution in [0.1, 0.15) is 33.6 Å². The molecule has 0 spiro atoms. The van der Waals surface area contributed by atoms with Gasteiger partial charge in [0, 0.05) is 22.8 Å². The fourth-order valence-corrected chi connectivity index (χ4v) is 3.42. The number of fused-ring (bicyclic) bond motifs is 1. The van der Waals surface area contributed by atoms with Crippen molar-refractivity contribution in [1.29, 1.82) is 0 Å². The third kappa shape index (κ3) is 6.26. The number of hydrogen-bond acceptors (Lipinski definition) is 5. The van der Waals surface area contributed by atoms with E-state index in [-0.39, 0.29) is 12.4 Å². The zero-order valence-corrected chi connectivity index (χ0v) is 18.8. The van der Waals surface area contributed by atoms with Gasteiger partial charge in [0.2, 0.25) is 0 Å². The van der Waals surface area contributed by atoms with Gasteiger partial charge in [0.05, 0.1) is 17.6 Å². The van der Waals surface area contributed by atoms with Gasteiger partial charge < -0.3 is 10.2 Å². The summed E-state index contributed by atoms with van der Waals surface area (Å²) in [5.41, 5.74) is 4.20. The van der Waals surface area contributed by atoms with Gasteiger partial charge in [-0.1, -0.05) is 37.6 Å². The Morgan fingerprint density at radius 1 is 1.07 bits per heavy atom. The van der Waals surface area contributed by atoms with Crippen LogP contribution in [-0.2, 0) is 0 Å². The van der Waals surface area contributed by atoms with Crippen LogP contribution in [0.4, 0.5) is 5.69 Å². The molecule has 0 saturated carbocycles. The maximum absolute atomic E-state index is 5.97. The van der Waals surface area contributed by atoms with Crippen molar-refractivity contribution in [2.45, 2.75) is 39.7 Å². The molecule has 1 N–H and O–H groups in total. The van der Waals surface area contributed by atoms with Gasteiger partial charge in [0.1, 0.15) is 5.52 Å².